The molecule has 5 N–H and O–H groups in total. The van der Waals surface area contributed by atoms with Gasteiger partial charge in [-0.3, -0.25) is 9.59 Å². The summed E-state index contributed by atoms with van der Waals surface area (Å²) in [6, 6.07) is 14.3. The third kappa shape index (κ3) is 5.85. The topological polar surface area (TPSA) is 122 Å². The number of halogens is 1. The molecule has 3 aromatic rings. The fourth-order valence-electron chi connectivity index (χ4n) is 3.66. The van der Waals surface area contributed by atoms with Gasteiger partial charge in [-0.25, -0.2) is 9.97 Å². The van der Waals surface area contributed by atoms with Crippen LogP contribution in [0.15, 0.2) is 54.7 Å². The molecule has 0 aliphatic carbocycles. The molecule has 0 bridgehead atoms. The lowest BCUT2D eigenvalue weighted by molar-refractivity contribution is 0.0924. The standard InChI is InChI=1S/C24H25ClN6O2/c25-18-8-6-16(7-9-18)23(32)29-12-15-3-1-4-17(11-15)20-14-28-22(26)21(31-20)24(33)30-19-5-2-10-27-13-19/h1,3-4,6-9,11,14,19,27H,2,5,10,12-13H2,(H2,26,28)(H,29,32)(H,30,33)/t19-/m0/s1. The molecule has 9 heteroatoms. The van der Waals surface area contributed by atoms with Crippen LogP contribution in [0, 0.1) is 0 Å². The van der Waals surface area contributed by atoms with E-state index >= 15 is 0 Å². The van der Waals surface area contributed by atoms with Crippen LogP contribution in [0.4, 0.5) is 5.82 Å². The van der Waals surface area contributed by atoms with Crippen LogP contribution in [0.2, 0.25) is 5.02 Å². The molecular formula is C24H25ClN6O2. The van der Waals surface area contributed by atoms with E-state index < -0.39 is 0 Å². The highest BCUT2D eigenvalue weighted by Gasteiger charge is 2.20. The Morgan fingerprint density at radius 1 is 1.15 bits per heavy atom. The molecule has 1 fully saturated rings. The summed E-state index contributed by atoms with van der Waals surface area (Å²) in [5, 5.41) is 9.71. The van der Waals surface area contributed by atoms with Crippen molar-refractivity contribution in [3.8, 4) is 11.3 Å². The van der Waals surface area contributed by atoms with Crippen molar-refractivity contribution in [2.45, 2.75) is 25.4 Å². The fourth-order valence-corrected chi connectivity index (χ4v) is 3.79. The first-order valence-corrected chi connectivity index (χ1v) is 11.1. The Bertz CT molecular complexity index is 1150. The molecule has 33 heavy (non-hydrogen) atoms. The summed E-state index contributed by atoms with van der Waals surface area (Å²) in [5.41, 5.74) is 8.77. The molecule has 170 valence electrons. The molecule has 0 unspecified atom stereocenters. The van der Waals surface area contributed by atoms with Gasteiger partial charge in [0, 0.05) is 35.3 Å². The van der Waals surface area contributed by atoms with Crippen LogP contribution in [-0.4, -0.2) is 40.9 Å². The number of aromatic nitrogens is 2. The summed E-state index contributed by atoms with van der Waals surface area (Å²) in [6.45, 7) is 2.02. The number of nitrogen functional groups attached to an aromatic ring is 1. The zero-order valence-electron chi connectivity index (χ0n) is 18.0. The van der Waals surface area contributed by atoms with Crippen molar-refractivity contribution < 1.29 is 9.59 Å². The number of benzene rings is 2. The fraction of sp³-hybridized carbons (Fsp3) is 0.250. The maximum Gasteiger partial charge on any atom is 0.274 e. The third-order valence-electron chi connectivity index (χ3n) is 5.43. The molecule has 0 spiro atoms. The molecule has 4 rings (SSSR count). The molecule has 0 radical (unpaired) electrons. The third-order valence-corrected chi connectivity index (χ3v) is 5.68. The van der Waals surface area contributed by atoms with Gasteiger partial charge in [0.2, 0.25) is 0 Å². The molecule has 2 amide bonds. The van der Waals surface area contributed by atoms with Gasteiger partial charge in [-0.2, -0.15) is 0 Å². The van der Waals surface area contributed by atoms with E-state index in [-0.39, 0.29) is 29.4 Å². The SMILES string of the molecule is Nc1ncc(-c2cccc(CNC(=O)c3ccc(Cl)cc3)c2)nc1C(=O)N[C@H]1CCCNC1. The predicted octanol–water partition coefficient (Wildman–Crippen LogP) is 2.79. The lowest BCUT2D eigenvalue weighted by Crippen LogP contribution is -2.46. The molecule has 2 aromatic carbocycles. The number of nitrogens with one attached hydrogen (secondary N) is 3. The van der Waals surface area contributed by atoms with Gasteiger partial charge < -0.3 is 21.7 Å². The van der Waals surface area contributed by atoms with E-state index in [2.05, 4.69) is 25.9 Å². The van der Waals surface area contributed by atoms with Gasteiger partial charge in [0.15, 0.2) is 11.5 Å². The first-order valence-electron chi connectivity index (χ1n) is 10.8. The maximum absolute atomic E-state index is 12.7. The molecular weight excluding hydrogens is 440 g/mol. The van der Waals surface area contributed by atoms with Gasteiger partial charge in [0.25, 0.3) is 11.8 Å². The average molecular weight is 465 g/mol. The second kappa shape index (κ2) is 10.4. The maximum atomic E-state index is 12.7. The molecule has 1 aliphatic heterocycles. The highest BCUT2D eigenvalue weighted by atomic mass is 35.5. The van der Waals surface area contributed by atoms with E-state index in [0.717, 1.165) is 37.1 Å². The Kier molecular flexibility index (Phi) is 7.16. The first kappa shape index (κ1) is 22.7. The van der Waals surface area contributed by atoms with Gasteiger partial charge in [-0.15, -0.1) is 0 Å². The minimum atomic E-state index is -0.332. The number of anilines is 1. The number of nitrogens with two attached hydrogens (primary N) is 1. The number of carbonyl (C=O) groups is 2. The largest absolute Gasteiger partial charge is 0.382 e. The number of nitrogens with zero attached hydrogens (tertiary/aromatic N) is 2. The molecule has 1 saturated heterocycles. The molecule has 2 heterocycles. The van der Waals surface area contributed by atoms with Crippen LogP contribution in [0.1, 0.15) is 39.3 Å². The van der Waals surface area contributed by atoms with E-state index in [1.54, 1.807) is 30.5 Å². The van der Waals surface area contributed by atoms with Crippen molar-refractivity contribution >= 4 is 29.2 Å². The number of hydrogen-bond donors (Lipinski definition) is 4. The van der Waals surface area contributed by atoms with Crippen LogP contribution in [0.3, 0.4) is 0 Å². The lowest BCUT2D eigenvalue weighted by Gasteiger charge is -2.23. The molecule has 1 aliphatic rings. The predicted molar refractivity (Wildman–Crippen MR) is 128 cm³/mol. The van der Waals surface area contributed by atoms with Crippen molar-refractivity contribution in [2.75, 3.05) is 18.8 Å². The molecule has 8 nitrogen and oxygen atoms in total. The van der Waals surface area contributed by atoms with Crippen LogP contribution >= 0.6 is 11.6 Å². The van der Waals surface area contributed by atoms with Crippen LogP contribution < -0.4 is 21.7 Å². The van der Waals surface area contributed by atoms with E-state index in [0.29, 0.717) is 22.8 Å². The smallest absolute Gasteiger partial charge is 0.274 e. The number of amides is 2. The van der Waals surface area contributed by atoms with E-state index in [1.165, 1.54) is 0 Å². The van der Waals surface area contributed by atoms with E-state index in [9.17, 15) is 9.59 Å². The van der Waals surface area contributed by atoms with Crippen LogP contribution in [-0.2, 0) is 6.54 Å². The number of piperidine rings is 1. The van der Waals surface area contributed by atoms with Crippen LogP contribution in [0.5, 0.6) is 0 Å². The average Bonchev–Trinajstić information content (AvgIpc) is 2.84. The summed E-state index contributed by atoms with van der Waals surface area (Å²) in [4.78, 5) is 33.8. The zero-order valence-corrected chi connectivity index (χ0v) is 18.7. The summed E-state index contributed by atoms with van der Waals surface area (Å²) in [6.07, 6.45) is 3.46. The number of hydrogen-bond acceptors (Lipinski definition) is 6. The summed E-state index contributed by atoms with van der Waals surface area (Å²) < 4.78 is 0. The Hall–Kier alpha value is -3.49. The highest BCUT2D eigenvalue weighted by Crippen LogP contribution is 2.20. The van der Waals surface area contributed by atoms with Gasteiger partial charge in [0.05, 0.1) is 11.9 Å². The van der Waals surface area contributed by atoms with Gasteiger partial charge in [-0.1, -0.05) is 29.8 Å². The van der Waals surface area contributed by atoms with Crippen molar-refractivity contribution in [3.05, 3.63) is 76.6 Å². The Morgan fingerprint density at radius 2 is 1.97 bits per heavy atom. The first-order chi connectivity index (χ1) is 16.0. The van der Waals surface area contributed by atoms with Crippen molar-refractivity contribution in [1.82, 2.24) is 25.9 Å². The monoisotopic (exact) mass is 464 g/mol. The number of rotatable bonds is 6. The second-order valence-electron chi connectivity index (χ2n) is 7.90. The van der Waals surface area contributed by atoms with Gasteiger partial charge >= 0.3 is 0 Å². The second-order valence-corrected chi connectivity index (χ2v) is 8.33. The quantitative estimate of drug-likeness (QED) is 0.445. The highest BCUT2D eigenvalue weighted by molar-refractivity contribution is 6.30. The Balaban J connectivity index is 1.46. The number of carbonyl (C=O) groups excluding carboxylic acids is 2. The normalized spacial score (nSPS) is 15.6. The molecule has 1 aromatic heterocycles. The Morgan fingerprint density at radius 3 is 2.73 bits per heavy atom. The van der Waals surface area contributed by atoms with Crippen molar-refractivity contribution in [2.24, 2.45) is 0 Å². The zero-order chi connectivity index (χ0) is 23.2. The molecule has 1 atom stereocenters. The minimum Gasteiger partial charge on any atom is -0.382 e. The van der Waals surface area contributed by atoms with Crippen molar-refractivity contribution in [1.29, 1.82) is 0 Å². The summed E-state index contributed by atoms with van der Waals surface area (Å²) >= 11 is 5.88. The van der Waals surface area contributed by atoms with Gasteiger partial charge in [-0.05, 0) is 55.3 Å². The Labute approximate surface area is 197 Å². The van der Waals surface area contributed by atoms with Crippen LogP contribution in [0.25, 0.3) is 11.3 Å². The van der Waals surface area contributed by atoms with E-state index in [1.807, 2.05) is 24.3 Å². The van der Waals surface area contributed by atoms with Gasteiger partial charge in [0.1, 0.15) is 0 Å². The summed E-state index contributed by atoms with van der Waals surface area (Å²) in [7, 11) is 0. The minimum absolute atomic E-state index is 0.0451. The van der Waals surface area contributed by atoms with E-state index in [4.69, 9.17) is 17.3 Å². The van der Waals surface area contributed by atoms with Crippen molar-refractivity contribution in [3.63, 3.8) is 0 Å². The molecule has 0 saturated carbocycles. The summed E-state index contributed by atoms with van der Waals surface area (Å²) in [5.74, 6) is -0.436. The lowest BCUT2D eigenvalue weighted by atomic mass is 10.1.